The normalized spacial score (nSPS) is 28.4. The number of benzene rings is 1. The van der Waals surface area contributed by atoms with E-state index in [4.69, 9.17) is 30.1 Å². The number of unbranched alkanes of at least 4 members (excludes halogenated alkanes) is 4. The summed E-state index contributed by atoms with van der Waals surface area (Å²) in [6.07, 6.45) is 7.11. The Morgan fingerprint density at radius 1 is 1.15 bits per heavy atom. The highest BCUT2D eigenvalue weighted by molar-refractivity contribution is 5.73. The Balaban J connectivity index is 1.77. The van der Waals surface area contributed by atoms with E-state index < -0.39 is 36.9 Å². The van der Waals surface area contributed by atoms with Gasteiger partial charge in [-0.25, -0.2) is 0 Å². The minimum Gasteiger partial charge on any atom is -0.457 e. The van der Waals surface area contributed by atoms with Gasteiger partial charge in [0, 0.05) is 18.9 Å². The van der Waals surface area contributed by atoms with E-state index in [0.29, 0.717) is 6.42 Å². The van der Waals surface area contributed by atoms with Gasteiger partial charge in [0.25, 0.3) is 0 Å². The highest BCUT2D eigenvalue weighted by Crippen LogP contribution is 2.36. The van der Waals surface area contributed by atoms with E-state index in [9.17, 15) is 9.59 Å². The fraction of sp³-hybridized carbons (Fsp3) is 0.615. The third kappa shape index (κ3) is 7.28. The molecule has 0 spiro atoms. The minimum atomic E-state index is -0.913. The number of nitrogens with one attached hydrogen (secondary N) is 1. The summed E-state index contributed by atoms with van der Waals surface area (Å²) in [5.41, 5.74) is 0.837. The Hall–Kier alpha value is -2.44. The second-order valence-electron chi connectivity index (χ2n) is 8.58. The van der Waals surface area contributed by atoms with E-state index in [-0.39, 0.29) is 25.1 Å². The van der Waals surface area contributed by atoms with Crippen molar-refractivity contribution in [3.63, 3.8) is 0 Å². The number of terminal acetylenes is 1. The molecule has 2 aliphatic heterocycles. The Morgan fingerprint density at radius 2 is 1.91 bits per heavy atom. The van der Waals surface area contributed by atoms with Crippen LogP contribution in [0, 0.1) is 12.3 Å². The van der Waals surface area contributed by atoms with Crippen LogP contribution >= 0.6 is 0 Å². The number of hydrogen-bond donors (Lipinski definition) is 1. The number of carbonyl (C=O) groups excluding carboxylic acids is 2. The summed E-state index contributed by atoms with van der Waals surface area (Å²) in [4.78, 5) is 24.8. The summed E-state index contributed by atoms with van der Waals surface area (Å²) >= 11 is 0. The fourth-order valence-electron chi connectivity index (χ4n) is 4.24. The van der Waals surface area contributed by atoms with Crippen LogP contribution in [0.1, 0.15) is 64.2 Å². The van der Waals surface area contributed by atoms with Crippen molar-refractivity contribution in [1.82, 2.24) is 5.32 Å². The van der Waals surface area contributed by atoms with Gasteiger partial charge in [0.2, 0.25) is 5.91 Å². The van der Waals surface area contributed by atoms with Crippen molar-refractivity contribution >= 4 is 11.9 Å². The van der Waals surface area contributed by atoms with Gasteiger partial charge in [-0.05, 0) is 6.42 Å². The van der Waals surface area contributed by atoms with Crippen molar-refractivity contribution in [3.05, 3.63) is 35.9 Å². The maximum atomic E-state index is 12.8. The molecular weight excluding hydrogens is 438 g/mol. The first-order valence-electron chi connectivity index (χ1n) is 12.0. The third-order valence-electron chi connectivity index (χ3n) is 5.86. The first-order chi connectivity index (χ1) is 16.5. The van der Waals surface area contributed by atoms with Crippen LogP contribution in [0.5, 0.6) is 0 Å². The highest BCUT2D eigenvalue weighted by Gasteiger charge is 2.52. The molecule has 2 heterocycles. The second kappa shape index (κ2) is 13.4. The molecule has 0 unspecified atom stereocenters. The van der Waals surface area contributed by atoms with Gasteiger partial charge in [-0.2, -0.15) is 0 Å². The van der Waals surface area contributed by atoms with Crippen LogP contribution in [0.2, 0.25) is 0 Å². The molecule has 2 aliphatic rings. The maximum Gasteiger partial charge on any atom is 0.306 e. The van der Waals surface area contributed by atoms with Gasteiger partial charge in [0.05, 0.1) is 6.61 Å². The van der Waals surface area contributed by atoms with Crippen molar-refractivity contribution < 1.29 is 33.3 Å². The lowest BCUT2D eigenvalue weighted by Crippen LogP contribution is -2.67. The number of hydrogen-bond acceptors (Lipinski definition) is 7. The standard InChI is InChI=1S/C26H35NO7/c1-4-6-7-8-12-15-21(29)33-24-22(27-18(3)28)26(30-16-5-2)32-20-17-31-25(34-23(20)24)19-13-10-9-11-14-19/h2,9-11,13-14,20,22-26H,4,6-8,12,15-17H2,1,3H3,(H,27,28)/t20-,22+,23-,24-,25-,26-/m1/s1. The summed E-state index contributed by atoms with van der Waals surface area (Å²) in [7, 11) is 0. The quantitative estimate of drug-likeness (QED) is 0.300. The van der Waals surface area contributed by atoms with Gasteiger partial charge in [0.1, 0.15) is 24.9 Å². The summed E-state index contributed by atoms with van der Waals surface area (Å²) in [6, 6.07) is 8.71. The van der Waals surface area contributed by atoms with E-state index in [2.05, 4.69) is 18.2 Å². The Labute approximate surface area is 201 Å². The Bertz CT molecular complexity index is 824. The van der Waals surface area contributed by atoms with Crippen molar-refractivity contribution in [2.75, 3.05) is 13.2 Å². The molecule has 8 heteroatoms. The molecule has 2 fully saturated rings. The number of fused-ring (bicyclic) bond motifs is 1. The summed E-state index contributed by atoms with van der Waals surface area (Å²) in [5, 5.41) is 2.81. The molecule has 8 nitrogen and oxygen atoms in total. The van der Waals surface area contributed by atoms with Crippen LogP contribution in [-0.2, 0) is 33.3 Å². The number of carbonyl (C=O) groups is 2. The molecule has 1 aromatic carbocycles. The first kappa shape index (κ1) is 26.2. The van der Waals surface area contributed by atoms with Gasteiger partial charge in [-0.15, -0.1) is 6.42 Å². The largest absolute Gasteiger partial charge is 0.457 e. The molecule has 1 aromatic rings. The molecule has 2 saturated heterocycles. The number of esters is 1. The Kier molecular flexibility index (Phi) is 10.4. The lowest BCUT2D eigenvalue weighted by atomic mass is 9.95. The molecule has 0 radical (unpaired) electrons. The molecule has 34 heavy (non-hydrogen) atoms. The second-order valence-corrected chi connectivity index (χ2v) is 8.58. The average Bonchev–Trinajstić information content (AvgIpc) is 2.84. The summed E-state index contributed by atoms with van der Waals surface area (Å²) < 4.78 is 29.8. The Morgan fingerprint density at radius 3 is 2.62 bits per heavy atom. The van der Waals surface area contributed by atoms with Gasteiger partial charge < -0.3 is 29.0 Å². The van der Waals surface area contributed by atoms with Crippen molar-refractivity contribution in [1.29, 1.82) is 0 Å². The minimum absolute atomic E-state index is 0.0232. The molecule has 0 aliphatic carbocycles. The van der Waals surface area contributed by atoms with E-state index in [0.717, 1.165) is 37.7 Å². The monoisotopic (exact) mass is 473 g/mol. The molecule has 0 aromatic heterocycles. The van der Waals surface area contributed by atoms with Crippen LogP contribution in [0.3, 0.4) is 0 Å². The zero-order valence-electron chi connectivity index (χ0n) is 19.9. The zero-order valence-corrected chi connectivity index (χ0v) is 19.9. The van der Waals surface area contributed by atoms with Crippen molar-refractivity contribution in [2.45, 2.75) is 89.3 Å². The van der Waals surface area contributed by atoms with E-state index >= 15 is 0 Å². The number of amides is 1. The molecule has 1 amide bonds. The van der Waals surface area contributed by atoms with Crippen LogP contribution in [0.4, 0.5) is 0 Å². The first-order valence-corrected chi connectivity index (χ1v) is 12.0. The van der Waals surface area contributed by atoms with Crippen LogP contribution in [0.15, 0.2) is 30.3 Å². The third-order valence-corrected chi connectivity index (χ3v) is 5.86. The molecule has 0 bridgehead atoms. The zero-order chi connectivity index (χ0) is 24.3. The lowest BCUT2D eigenvalue weighted by molar-refractivity contribution is -0.343. The van der Waals surface area contributed by atoms with E-state index in [1.165, 1.54) is 6.92 Å². The summed E-state index contributed by atoms with van der Waals surface area (Å²) in [5.74, 6) is 1.75. The molecular formula is C26H35NO7. The fourth-order valence-corrected chi connectivity index (χ4v) is 4.24. The number of ether oxygens (including phenoxy) is 5. The lowest BCUT2D eigenvalue weighted by Gasteiger charge is -2.48. The molecule has 3 rings (SSSR count). The molecule has 186 valence electrons. The van der Waals surface area contributed by atoms with Crippen LogP contribution < -0.4 is 5.32 Å². The maximum absolute atomic E-state index is 12.8. The van der Waals surface area contributed by atoms with Crippen molar-refractivity contribution in [2.24, 2.45) is 0 Å². The van der Waals surface area contributed by atoms with Gasteiger partial charge in [0.15, 0.2) is 18.7 Å². The number of rotatable bonds is 11. The molecule has 1 N–H and O–H groups in total. The van der Waals surface area contributed by atoms with E-state index in [1.54, 1.807) is 0 Å². The predicted molar refractivity (Wildman–Crippen MR) is 124 cm³/mol. The smallest absolute Gasteiger partial charge is 0.306 e. The van der Waals surface area contributed by atoms with E-state index in [1.807, 2.05) is 30.3 Å². The molecule has 0 saturated carbocycles. The SMILES string of the molecule is C#CCO[C@@H]1O[C@@H]2CO[C@@H](c3ccccc3)O[C@H]2[C@H](OC(=O)CCCCCCC)[C@@H]1NC(C)=O. The van der Waals surface area contributed by atoms with Crippen LogP contribution in [-0.4, -0.2) is 55.7 Å². The summed E-state index contributed by atoms with van der Waals surface area (Å²) in [6.45, 7) is 3.71. The average molecular weight is 474 g/mol. The highest BCUT2D eigenvalue weighted by atomic mass is 16.8. The molecule has 6 atom stereocenters. The van der Waals surface area contributed by atoms with Crippen molar-refractivity contribution in [3.8, 4) is 12.3 Å². The topological polar surface area (TPSA) is 92.3 Å². The predicted octanol–water partition coefficient (Wildman–Crippen LogP) is 3.25. The van der Waals surface area contributed by atoms with Gasteiger partial charge in [-0.3, -0.25) is 9.59 Å². The van der Waals surface area contributed by atoms with Gasteiger partial charge in [-0.1, -0.05) is 68.9 Å². The van der Waals surface area contributed by atoms with Gasteiger partial charge >= 0.3 is 5.97 Å². The van der Waals surface area contributed by atoms with Crippen LogP contribution in [0.25, 0.3) is 0 Å².